The molecule has 4 bridgehead atoms. The van der Waals surface area contributed by atoms with Crippen LogP contribution in [0.1, 0.15) is 19.3 Å². The zero-order chi connectivity index (χ0) is 15.6. The van der Waals surface area contributed by atoms with Gasteiger partial charge in [0.15, 0.2) is 5.78 Å². The molecule has 0 aromatic rings. The van der Waals surface area contributed by atoms with E-state index in [0.717, 1.165) is 0 Å². The van der Waals surface area contributed by atoms with Crippen molar-refractivity contribution in [2.45, 2.75) is 25.0 Å². The molecular formula is C17H22O5. The fraction of sp³-hybridized carbons (Fsp3) is 0.765. The van der Waals surface area contributed by atoms with Gasteiger partial charge in [0.05, 0.1) is 13.0 Å². The number of rotatable bonds is 3. The molecule has 5 rings (SSSR count). The van der Waals surface area contributed by atoms with E-state index in [1.165, 1.54) is 40.6 Å². The van der Waals surface area contributed by atoms with E-state index in [9.17, 15) is 9.59 Å². The van der Waals surface area contributed by atoms with E-state index >= 15 is 0 Å². The van der Waals surface area contributed by atoms with Crippen molar-refractivity contribution in [3.63, 3.8) is 0 Å². The summed E-state index contributed by atoms with van der Waals surface area (Å²) in [6.45, 7) is 0. The molecule has 0 amide bonds. The summed E-state index contributed by atoms with van der Waals surface area (Å²) in [6.07, 6.45) is 5.40. The molecule has 0 heterocycles. The fourth-order valence-electron chi connectivity index (χ4n) is 5.97. The molecule has 0 aromatic carbocycles. The smallest absolute Gasteiger partial charge is 0.333 e. The Morgan fingerprint density at radius 3 is 2.36 bits per heavy atom. The summed E-state index contributed by atoms with van der Waals surface area (Å²) in [6, 6.07) is 0. The van der Waals surface area contributed by atoms with Crippen LogP contribution in [0, 0.1) is 35.5 Å². The Kier molecular flexibility index (Phi) is 3.04. The topological polar surface area (TPSA) is 61.8 Å². The average Bonchev–Trinajstić information content (AvgIpc) is 3.17. The average molecular weight is 306 g/mol. The molecular weight excluding hydrogens is 284 g/mol. The molecule has 5 nitrogen and oxygen atoms in total. The summed E-state index contributed by atoms with van der Waals surface area (Å²) < 4.78 is 16.1. The second kappa shape index (κ2) is 4.65. The molecule has 6 atom stereocenters. The van der Waals surface area contributed by atoms with Crippen LogP contribution in [-0.2, 0) is 23.8 Å². The van der Waals surface area contributed by atoms with Crippen molar-refractivity contribution in [1.29, 1.82) is 0 Å². The van der Waals surface area contributed by atoms with E-state index in [0.29, 0.717) is 29.2 Å². The lowest BCUT2D eigenvalue weighted by molar-refractivity contribution is -0.256. The number of methoxy groups -OCH3 is 3. The SMILES string of the molecule is COC(=O)C1=C[C@H]2C(=O)C(OC)(OC)[C@H]1[C@@H]1[C@H]3CC[C@@H](C3)[C@@H]12. The highest BCUT2D eigenvalue weighted by molar-refractivity contribution is 6.00. The standard InChI is InChI=1S/C17H22O5/c1-20-16(19)11-7-10-12-8-4-5-9(6-8)13(12)14(11)17(21-2,22-3)15(10)18/h7-10,12-14H,4-6H2,1-3H3/t8-,9-,10+,12+,13+,14+/m0/s1. The largest absolute Gasteiger partial charge is 0.466 e. The number of fused-ring (bicyclic) bond motifs is 3. The fourth-order valence-corrected chi connectivity index (χ4v) is 5.97. The Labute approximate surface area is 130 Å². The number of hydrogen-bond donors (Lipinski definition) is 0. The molecule has 3 fully saturated rings. The van der Waals surface area contributed by atoms with Gasteiger partial charge < -0.3 is 14.2 Å². The molecule has 5 aliphatic carbocycles. The Balaban J connectivity index is 1.88. The van der Waals surface area contributed by atoms with E-state index in [1.54, 1.807) is 0 Å². The third kappa shape index (κ3) is 1.46. The number of Topliss-reactive ketones (excluding diaryl/α,β-unsaturated/α-hetero) is 1. The van der Waals surface area contributed by atoms with E-state index in [4.69, 9.17) is 14.2 Å². The first-order valence-electron chi connectivity index (χ1n) is 8.03. The van der Waals surface area contributed by atoms with Crippen LogP contribution in [0.2, 0.25) is 0 Å². The van der Waals surface area contributed by atoms with Crippen LogP contribution in [0.15, 0.2) is 11.6 Å². The Hall–Kier alpha value is -1.20. The summed E-state index contributed by atoms with van der Waals surface area (Å²) in [7, 11) is 4.38. The van der Waals surface area contributed by atoms with Gasteiger partial charge in [-0.25, -0.2) is 4.79 Å². The molecule has 0 N–H and O–H groups in total. The van der Waals surface area contributed by atoms with E-state index in [1.807, 2.05) is 6.08 Å². The van der Waals surface area contributed by atoms with Crippen molar-refractivity contribution >= 4 is 11.8 Å². The number of hydrogen-bond acceptors (Lipinski definition) is 5. The minimum Gasteiger partial charge on any atom is -0.466 e. The highest BCUT2D eigenvalue weighted by atomic mass is 16.7. The molecule has 120 valence electrons. The minimum atomic E-state index is -1.32. The van der Waals surface area contributed by atoms with Crippen LogP contribution < -0.4 is 0 Å². The summed E-state index contributed by atoms with van der Waals surface area (Å²) in [4.78, 5) is 25.3. The molecule has 5 aliphatic rings. The van der Waals surface area contributed by atoms with Gasteiger partial charge in [0, 0.05) is 25.7 Å². The molecule has 0 radical (unpaired) electrons. The Morgan fingerprint density at radius 1 is 1.14 bits per heavy atom. The molecule has 0 aliphatic heterocycles. The Bertz CT molecular complexity index is 561. The predicted octanol–water partition coefficient (Wildman–Crippen LogP) is 1.57. The quantitative estimate of drug-likeness (QED) is 0.585. The highest BCUT2D eigenvalue weighted by Gasteiger charge is 2.70. The minimum absolute atomic E-state index is 0.0241. The zero-order valence-electron chi connectivity index (χ0n) is 13.2. The molecule has 0 unspecified atom stereocenters. The Morgan fingerprint density at radius 2 is 1.77 bits per heavy atom. The van der Waals surface area contributed by atoms with Crippen LogP contribution >= 0.6 is 0 Å². The number of allylic oxidation sites excluding steroid dienone is 1. The number of carbonyl (C=O) groups excluding carboxylic acids is 2. The van der Waals surface area contributed by atoms with E-state index < -0.39 is 5.79 Å². The molecule has 22 heavy (non-hydrogen) atoms. The van der Waals surface area contributed by atoms with Gasteiger partial charge >= 0.3 is 5.97 Å². The first-order valence-corrected chi connectivity index (χ1v) is 8.03. The number of carbonyl (C=O) groups is 2. The maximum Gasteiger partial charge on any atom is 0.333 e. The second-order valence-corrected chi connectivity index (χ2v) is 7.04. The lowest BCUT2D eigenvalue weighted by Gasteiger charge is -2.55. The van der Waals surface area contributed by atoms with Crippen LogP contribution in [0.4, 0.5) is 0 Å². The van der Waals surface area contributed by atoms with Crippen molar-refractivity contribution in [1.82, 2.24) is 0 Å². The van der Waals surface area contributed by atoms with Crippen molar-refractivity contribution < 1.29 is 23.8 Å². The lowest BCUT2D eigenvalue weighted by atomic mass is 9.52. The lowest BCUT2D eigenvalue weighted by Crippen LogP contribution is -2.65. The highest BCUT2D eigenvalue weighted by Crippen LogP contribution is 2.66. The van der Waals surface area contributed by atoms with Gasteiger partial charge in [-0.15, -0.1) is 0 Å². The zero-order valence-corrected chi connectivity index (χ0v) is 13.2. The van der Waals surface area contributed by atoms with Crippen molar-refractivity contribution in [3.05, 3.63) is 11.6 Å². The van der Waals surface area contributed by atoms with Gasteiger partial charge in [-0.2, -0.15) is 0 Å². The molecule has 0 saturated heterocycles. The van der Waals surface area contributed by atoms with Crippen molar-refractivity contribution in [2.24, 2.45) is 35.5 Å². The van der Waals surface area contributed by atoms with Crippen LogP contribution in [0.25, 0.3) is 0 Å². The van der Waals surface area contributed by atoms with Crippen LogP contribution in [0.3, 0.4) is 0 Å². The summed E-state index contributed by atoms with van der Waals surface area (Å²) in [5.74, 6) is -0.516. The van der Waals surface area contributed by atoms with E-state index in [-0.39, 0.29) is 23.6 Å². The first-order chi connectivity index (χ1) is 10.6. The van der Waals surface area contributed by atoms with Crippen LogP contribution in [-0.4, -0.2) is 38.9 Å². The van der Waals surface area contributed by atoms with Gasteiger partial charge in [-0.3, -0.25) is 4.79 Å². The third-order valence-corrected chi connectivity index (χ3v) is 6.62. The third-order valence-electron chi connectivity index (χ3n) is 6.62. The summed E-state index contributed by atoms with van der Waals surface area (Å²) in [5.41, 5.74) is 0.574. The van der Waals surface area contributed by atoms with Gasteiger partial charge in [0.2, 0.25) is 5.79 Å². The number of ether oxygens (including phenoxy) is 3. The van der Waals surface area contributed by atoms with Gasteiger partial charge in [0.25, 0.3) is 0 Å². The normalized spacial score (nSPS) is 44.0. The van der Waals surface area contributed by atoms with Crippen molar-refractivity contribution in [2.75, 3.05) is 21.3 Å². The molecule has 0 spiro atoms. The monoisotopic (exact) mass is 306 g/mol. The molecule has 5 heteroatoms. The molecule has 3 saturated carbocycles. The maximum atomic E-state index is 13.0. The summed E-state index contributed by atoms with van der Waals surface area (Å²) in [5, 5.41) is 0. The number of ketones is 1. The second-order valence-electron chi connectivity index (χ2n) is 7.04. The molecule has 0 aromatic heterocycles. The maximum absolute atomic E-state index is 13.0. The predicted molar refractivity (Wildman–Crippen MR) is 76.6 cm³/mol. The van der Waals surface area contributed by atoms with E-state index in [2.05, 4.69) is 0 Å². The first kappa shape index (κ1) is 14.4. The number of esters is 1. The van der Waals surface area contributed by atoms with Gasteiger partial charge in [0.1, 0.15) is 0 Å². The van der Waals surface area contributed by atoms with Crippen LogP contribution in [0.5, 0.6) is 0 Å². The van der Waals surface area contributed by atoms with Gasteiger partial charge in [-0.1, -0.05) is 6.08 Å². The van der Waals surface area contributed by atoms with Gasteiger partial charge in [-0.05, 0) is 42.9 Å². The van der Waals surface area contributed by atoms with Crippen molar-refractivity contribution in [3.8, 4) is 0 Å². The summed E-state index contributed by atoms with van der Waals surface area (Å²) >= 11 is 0.